The summed E-state index contributed by atoms with van der Waals surface area (Å²) in [6, 6.07) is 6.17. The summed E-state index contributed by atoms with van der Waals surface area (Å²) in [5.41, 5.74) is -1.67. The van der Waals surface area contributed by atoms with E-state index in [0.29, 0.717) is 5.69 Å². The summed E-state index contributed by atoms with van der Waals surface area (Å²) < 4.78 is 14.1. The van der Waals surface area contributed by atoms with Gasteiger partial charge in [-0.1, -0.05) is 6.07 Å². The largest absolute Gasteiger partial charge is 0.479 e. The highest BCUT2D eigenvalue weighted by Gasteiger charge is 2.47. The molecule has 1 aliphatic heterocycles. The number of hydrogen-bond donors (Lipinski definition) is 3. The van der Waals surface area contributed by atoms with E-state index in [1.807, 2.05) is 0 Å². The molecule has 0 bridgehead atoms. The maximum Gasteiger partial charge on any atom is 0.343 e. The number of anilines is 1. The molecule has 3 N–H and O–H groups in total. The Morgan fingerprint density at radius 1 is 1.29 bits per heavy atom. The average molecular weight is 335 g/mol. The van der Waals surface area contributed by atoms with Crippen LogP contribution in [0.15, 0.2) is 24.3 Å². The molecule has 0 aromatic heterocycles. The fraction of sp³-hybridized carbons (Fsp3) is 0.438. The number of benzene rings is 1. The summed E-state index contributed by atoms with van der Waals surface area (Å²) in [7, 11) is 0. The van der Waals surface area contributed by atoms with Crippen LogP contribution in [0.4, 0.5) is 14.9 Å². The first kappa shape index (κ1) is 16.2. The number of aliphatic carboxylic acids is 1. The quantitative estimate of drug-likeness (QED) is 0.778. The SMILES string of the molecule is O=C(Nc1cccc(C(=O)N2CCC(F)(C(=O)O)C2)c1)NC1CC1. The fourth-order valence-corrected chi connectivity index (χ4v) is 2.61. The third-order valence-corrected chi connectivity index (χ3v) is 4.17. The van der Waals surface area contributed by atoms with Gasteiger partial charge in [0.2, 0.25) is 5.67 Å². The molecule has 1 aliphatic carbocycles. The minimum atomic E-state index is -2.39. The third kappa shape index (κ3) is 3.47. The molecule has 1 aromatic rings. The summed E-state index contributed by atoms with van der Waals surface area (Å²) >= 11 is 0. The van der Waals surface area contributed by atoms with Crippen LogP contribution in [0.1, 0.15) is 29.6 Å². The van der Waals surface area contributed by atoms with Gasteiger partial charge in [0.05, 0.1) is 6.54 Å². The highest BCUT2D eigenvalue weighted by molar-refractivity contribution is 5.97. The smallest absolute Gasteiger partial charge is 0.343 e. The molecule has 24 heavy (non-hydrogen) atoms. The highest BCUT2D eigenvalue weighted by Crippen LogP contribution is 2.27. The van der Waals surface area contributed by atoms with E-state index in [1.54, 1.807) is 18.2 Å². The monoisotopic (exact) mass is 335 g/mol. The first-order chi connectivity index (χ1) is 11.4. The maximum atomic E-state index is 14.1. The first-order valence-electron chi connectivity index (χ1n) is 7.76. The molecule has 3 rings (SSSR count). The number of halogens is 1. The number of carboxylic acids is 1. The number of amides is 3. The van der Waals surface area contributed by atoms with Gasteiger partial charge in [-0.3, -0.25) is 4.79 Å². The van der Waals surface area contributed by atoms with Gasteiger partial charge in [0.25, 0.3) is 5.91 Å². The zero-order valence-corrected chi connectivity index (χ0v) is 12.9. The van der Waals surface area contributed by atoms with Gasteiger partial charge in [-0.25, -0.2) is 14.0 Å². The van der Waals surface area contributed by atoms with Crippen molar-refractivity contribution in [2.75, 3.05) is 18.4 Å². The summed E-state index contributed by atoms with van der Waals surface area (Å²) in [4.78, 5) is 36.3. The van der Waals surface area contributed by atoms with Gasteiger partial charge in [0.15, 0.2) is 0 Å². The van der Waals surface area contributed by atoms with E-state index in [2.05, 4.69) is 10.6 Å². The lowest BCUT2D eigenvalue weighted by Gasteiger charge is -2.18. The zero-order chi connectivity index (χ0) is 17.3. The normalized spacial score (nSPS) is 23.0. The standard InChI is InChI=1S/C16H18FN3O4/c17-16(14(22)23)6-7-20(9-16)13(21)10-2-1-3-12(8-10)19-15(24)18-11-4-5-11/h1-3,8,11H,4-7,9H2,(H,22,23)(H2,18,19,24). The Kier molecular flexibility index (Phi) is 4.13. The van der Waals surface area contributed by atoms with Crippen molar-refractivity contribution in [1.82, 2.24) is 10.2 Å². The van der Waals surface area contributed by atoms with E-state index in [0.717, 1.165) is 12.8 Å². The number of likely N-dealkylation sites (tertiary alicyclic amines) is 1. The van der Waals surface area contributed by atoms with Crippen molar-refractivity contribution in [1.29, 1.82) is 0 Å². The summed E-state index contributed by atoms with van der Waals surface area (Å²) in [5, 5.41) is 14.3. The number of carbonyl (C=O) groups is 3. The number of rotatable bonds is 4. The minimum Gasteiger partial charge on any atom is -0.479 e. The number of nitrogens with zero attached hydrogens (tertiary/aromatic N) is 1. The van der Waals surface area contributed by atoms with Crippen molar-refractivity contribution in [3.63, 3.8) is 0 Å². The molecule has 1 aromatic carbocycles. The molecule has 2 aliphatic rings. The second kappa shape index (κ2) is 6.10. The topological polar surface area (TPSA) is 98.7 Å². The zero-order valence-electron chi connectivity index (χ0n) is 12.9. The first-order valence-corrected chi connectivity index (χ1v) is 7.76. The Morgan fingerprint density at radius 2 is 2.04 bits per heavy atom. The Hall–Kier alpha value is -2.64. The number of alkyl halides is 1. The second-order valence-electron chi connectivity index (χ2n) is 6.20. The molecule has 8 heteroatoms. The summed E-state index contributed by atoms with van der Waals surface area (Å²) in [6.07, 6.45) is 1.71. The molecule has 7 nitrogen and oxygen atoms in total. The van der Waals surface area contributed by atoms with E-state index in [-0.39, 0.29) is 30.6 Å². The summed E-state index contributed by atoms with van der Waals surface area (Å²) in [6.45, 7) is -0.428. The Morgan fingerprint density at radius 3 is 2.67 bits per heavy atom. The molecular weight excluding hydrogens is 317 g/mol. The van der Waals surface area contributed by atoms with Crippen molar-refractivity contribution < 1.29 is 23.9 Å². The molecule has 1 unspecified atom stereocenters. The molecule has 1 heterocycles. The van der Waals surface area contributed by atoms with E-state index in [4.69, 9.17) is 5.11 Å². The lowest BCUT2D eigenvalue weighted by atomic mass is 10.1. The summed E-state index contributed by atoms with van der Waals surface area (Å²) in [5.74, 6) is -2.01. The number of urea groups is 1. The predicted octanol–water partition coefficient (Wildman–Crippen LogP) is 1.61. The van der Waals surface area contributed by atoms with Gasteiger partial charge >= 0.3 is 12.0 Å². The van der Waals surface area contributed by atoms with Gasteiger partial charge in [0.1, 0.15) is 0 Å². The number of carbonyl (C=O) groups excluding carboxylic acids is 2. The maximum absolute atomic E-state index is 14.1. The molecule has 128 valence electrons. The Bertz CT molecular complexity index is 692. The van der Waals surface area contributed by atoms with Crippen molar-refractivity contribution in [3.05, 3.63) is 29.8 Å². The molecule has 1 saturated carbocycles. The van der Waals surface area contributed by atoms with E-state index in [9.17, 15) is 18.8 Å². The lowest BCUT2D eigenvalue weighted by molar-refractivity contribution is -0.149. The van der Waals surface area contributed by atoms with Crippen LogP contribution in [0.5, 0.6) is 0 Å². The second-order valence-corrected chi connectivity index (χ2v) is 6.20. The lowest BCUT2D eigenvalue weighted by Crippen LogP contribution is -2.38. The molecule has 3 amide bonds. The van der Waals surface area contributed by atoms with E-state index < -0.39 is 24.1 Å². The number of carboxylic acid groups (broad SMARTS) is 1. The van der Waals surface area contributed by atoms with Crippen LogP contribution in [0.2, 0.25) is 0 Å². The van der Waals surface area contributed by atoms with Gasteiger partial charge in [-0.05, 0) is 31.0 Å². The average Bonchev–Trinajstić information content (AvgIpc) is 3.25. The van der Waals surface area contributed by atoms with Crippen LogP contribution in [0, 0.1) is 0 Å². The van der Waals surface area contributed by atoms with E-state index >= 15 is 0 Å². The van der Waals surface area contributed by atoms with Gasteiger partial charge in [0, 0.05) is 30.3 Å². The van der Waals surface area contributed by atoms with Crippen molar-refractivity contribution in [2.24, 2.45) is 0 Å². The number of nitrogens with one attached hydrogen (secondary N) is 2. The van der Waals surface area contributed by atoms with Gasteiger partial charge in [-0.2, -0.15) is 0 Å². The third-order valence-electron chi connectivity index (χ3n) is 4.17. The molecule has 0 radical (unpaired) electrons. The number of hydrogen-bond acceptors (Lipinski definition) is 3. The van der Waals surface area contributed by atoms with Gasteiger partial charge < -0.3 is 20.6 Å². The molecule has 0 spiro atoms. The molecule has 2 fully saturated rings. The molecular formula is C16H18FN3O4. The van der Waals surface area contributed by atoms with Crippen LogP contribution in [-0.4, -0.2) is 52.7 Å². The molecule has 1 saturated heterocycles. The Labute approximate surface area is 137 Å². The minimum absolute atomic E-state index is 0.0431. The fourth-order valence-electron chi connectivity index (χ4n) is 2.61. The highest BCUT2D eigenvalue weighted by atomic mass is 19.1. The van der Waals surface area contributed by atoms with Crippen LogP contribution >= 0.6 is 0 Å². The van der Waals surface area contributed by atoms with Crippen LogP contribution in [0.25, 0.3) is 0 Å². The van der Waals surface area contributed by atoms with Crippen LogP contribution in [0.3, 0.4) is 0 Å². The Balaban J connectivity index is 1.66. The van der Waals surface area contributed by atoms with Crippen LogP contribution in [-0.2, 0) is 4.79 Å². The van der Waals surface area contributed by atoms with Crippen LogP contribution < -0.4 is 10.6 Å². The van der Waals surface area contributed by atoms with E-state index in [1.165, 1.54) is 11.0 Å². The predicted molar refractivity (Wildman–Crippen MR) is 83.6 cm³/mol. The van der Waals surface area contributed by atoms with Gasteiger partial charge in [-0.15, -0.1) is 0 Å². The van der Waals surface area contributed by atoms with Crippen molar-refractivity contribution >= 4 is 23.6 Å². The molecule has 1 atom stereocenters. The van der Waals surface area contributed by atoms with Crippen molar-refractivity contribution in [3.8, 4) is 0 Å². The van der Waals surface area contributed by atoms with Crippen molar-refractivity contribution in [2.45, 2.75) is 31.0 Å².